The third-order valence-electron chi connectivity index (χ3n) is 4.11. The van der Waals surface area contributed by atoms with Gasteiger partial charge in [-0.05, 0) is 26.2 Å². The normalized spacial score (nSPS) is 23.0. The molecular formula is C14H24IN5S. The molecular weight excluding hydrogens is 397 g/mol. The number of aryl methyl sites for hydroxylation is 1. The first-order valence-electron chi connectivity index (χ1n) is 7.36. The number of aromatic nitrogens is 1. The van der Waals surface area contributed by atoms with Crippen LogP contribution in [-0.4, -0.2) is 48.1 Å². The fourth-order valence-electron chi connectivity index (χ4n) is 2.72. The molecule has 1 unspecified atom stereocenters. The van der Waals surface area contributed by atoms with Gasteiger partial charge in [0.25, 0.3) is 0 Å². The van der Waals surface area contributed by atoms with E-state index >= 15 is 0 Å². The van der Waals surface area contributed by atoms with E-state index in [0.717, 1.165) is 30.8 Å². The van der Waals surface area contributed by atoms with Crippen LogP contribution in [0.3, 0.4) is 0 Å². The zero-order valence-corrected chi connectivity index (χ0v) is 15.8. The molecule has 5 nitrogen and oxygen atoms in total. The highest BCUT2D eigenvalue weighted by Gasteiger charge is 2.34. The topological polar surface area (TPSA) is 52.6 Å². The summed E-state index contributed by atoms with van der Waals surface area (Å²) in [5, 5.41) is 6.93. The van der Waals surface area contributed by atoms with Crippen LogP contribution in [0.25, 0.3) is 0 Å². The number of hydrogen-bond donors (Lipinski definition) is 2. The molecule has 2 fully saturated rings. The summed E-state index contributed by atoms with van der Waals surface area (Å²) in [7, 11) is 1.84. The molecule has 118 valence electrons. The maximum Gasteiger partial charge on any atom is 0.191 e. The van der Waals surface area contributed by atoms with Crippen molar-refractivity contribution < 1.29 is 0 Å². The Labute approximate surface area is 147 Å². The first-order chi connectivity index (χ1) is 9.76. The van der Waals surface area contributed by atoms with Crippen molar-refractivity contribution >= 4 is 41.3 Å². The minimum Gasteiger partial charge on any atom is -0.352 e. The van der Waals surface area contributed by atoms with E-state index in [4.69, 9.17) is 0 Å². The Balaban J connectivity index is 0.00000161. The van der Waals surface area contributed by atoms with Gasteiger partial charge in [-0.3, -0.25) is 9.89 Å². The minimum absolute atomic E-state index is 0. The number of rotatable bonds is 4. The molecule has 1 aliphatic heterocycles. The second-order valence-electron chi connectivity index (χ2n) is 5.64. The summed E-state index contributed by atoms with van der Waals surface area (Å²) in [6, 6.07) is 1.40. The second kappa shape index (κ2) is 7.73. The Morgan fingerprint density at radius 1 is 1.48 bits per heavy atom. The molecule has 0 radical (unpaired) electrons. The lowest BCUT2D eigenvalue weighted by Gasteiger charge is -2.18. The molecule has 0 bridgehead atoms. The van der Waals surface area contributed by atoms with Gasteiger partial charge in [0.2, 0.25) is 0 Å². The second-order valence-corrected chi connectivity index (χ2v) is 6.58. The van der Waals surface area contributed by atoms with Gasteiger partial charge in [0.05, 0.1) is 17.7 Å². The standard InChI is InChI=1S/C14H23N5S.HI/c1-10-13(20-9-17-10)7-16-14(15-2)18-11-5-6-19(8-11)12-3-4-12;/h9,11-12H,3-8H2,1-2H3,(H2,15,16,18);1H. The van der Waals surface area contributed by atoms with Crippen molar-refractivity contribution in [2.45, 2.75) is 44.8 Å². The molecule has 1 saturated carbocycles. The van der Waals surface area contributed by atoms with Crippen LogP contribution in [-0.2, 0) is 6.54 Å². The number of thiazole rings is 1. The van der Waals surface area contributed by atoms with Crippen LogP contribution >= 0.6 is 35.3 Å². The highest BCUT2D eigenvalue weighted by molar-refractivity contribution is 14.0. The van der Waals surface area contributed by atoms with Crippen LogP contribution in [0.2, 0.25) is 0 Å². The smallest absolute Gasteiger partial charge is 0.191 e. The molecule has 2 N–H and O–H groups in total. The zero-order valence-electron chi connectivity index (χ0n) is 12.6. The van der Waals surface area contributed by atoms with Crippen molar-refractivity contribution in [3.8, 4) is 0 Å². The zero-order chi connectivity index (χ0) is 13.9. The van der Waals surface area contributed by atoms with Gasteiger partial charge in [-0.2, -0.15) is 0 Å². The maximum atomic E-state index is 4.33. The van der Waals surface area contributed by atoms with Gasteiger partial charge < -0.3 is 10.6 Å². The van der Waals surface area contributed by atoms with Crippen LogP contribution in [0.15, 0.2) is 10.5 Å². The Hall–Kier alpha value is -0.410. The molecule has 1 aliphatic carbocycles. The third-order valence-corrected chi connectivity index (χ3v) is 5.04. The lowest BCUT2D eigenvalue weighted by molar-refractivity contribution is 0.321. The molecule has 0 amide bonds. The molecule has 1 saturated heterocycles. The summed E-state index contributed by atoms with van der Waals surface area (Å²) < 4.78 is 0. The van der Waals surface area contributed by atoms with Crippen molar-refractivity contribution in [1.29, 1.82) is 0 Å². The average Bonchev–Trinajstić information content (AvgIpc) is 3.07. The largest absolute Gasteiger partial charge is 0.352 e. The maximum absolute atomic E-state index is 4.33. The summed E-state index contributed by atoms with van der Waals surface area (Å²) in [4.78, 5) is 12.5. The number of likely N-dealkylation sites (tertiary alicyclic amines) is 1. The Kier molecular flexibility index (Phi) is 6.24. The van der Waals surface area contributed by atoms with Crippen molar-refractivity contribution in [2.24, 2.45) is 4.99 Å². The highest BCUT2D eigenvalue weighted by Crippen LogP contribution is 2.29. The fourth-order valence-corrected chi connectivity index (χ4v) is 3.44. The molecule has 7 heteroatoms. The van der Waals surface area contributed by atoms with E-state index in [-0.39, 0.29) is 24.0 Å². The summed E-state index contributed by atoms with van der Waals surface area (Å²) in [6.07, 6.45) is 4.01. The lowest BCUT2D eigenvalue weighted by Crippen LogP contribution is -2.44. The van der Waals surface area contributed by atoms with E-state index in [1.165, 1.54) is 30.7 Å². The van der Waals surface area contributed by atoms with Crippen LogP contribution in [0.4, 0.5) is 0 Å². The Morgan fingerprint density at radius 3 is 2.90 bits per heavy atom. The van der Waals surface area contributed by atoms with Crippen LogP contribution in [0, 0.1) is 6.92 Å². The van der Waals surface area contributed by atoms with Crippen molar-refractivity contribution in [3.63, 3.8) is 0 Å². The average molecular weight is 421 g/mol. The summed E-state index contributed by atoms with van der Waals surface area (Å²) in [5.74, 6) is 0.903. The summed E-state index contributed by atoms with van der Waals surface area (Å²) >= 11 is 1.69. The van der Waals surface area contributed by atoms with Crippen LogP contribution < -0.4 is 10.6 Å². The van der Waals surface area contributed by atoms with Gasteiger partial charge >= 0.3 is 0 Å². The minimum atomic E-state index is 0. The molecule has 0 spiro atoms. The van der Waals surface area contributed by atoms with Crippen molar-refractivity contribution in [1.82, 2.24) is 20.5 Å². The molecule has 1 atom stereocenters. The number of nitrogens with one attached hydrogen (secondary N) is 2. The van der Waals surface area contributed by atoms with Gasteiger partial charge in [-0.15, -0.1) is 35.3 Å². The molecule has 21 heavy (non-hydrogen) atoms. The highest BCUT2D eigenvalue weighted by atomic mass is 127. The van der Waals surface area contributed by atoms with E-state index in [1.54, 1.807) is 11.3 Å². The van der Waals surface area contributed by atoms with Gasteiger partial charge in [0.1, 0.15) is 0 Å². The molecule has 1 aromatic heterocycles. The number of nitrogens with zero attached hydrogens (tertiary/aromatic N) is 3. The molecule has 0 aromatic carbocycles. The van der Waals surface area contributed by atoms with Gasteiger partial charge in [-0.25, -0.2) is 4.98 Å². The predicted octanol–water partition coefficient (Wildman–Crippen LogP) is 1.97. The Morgan fingerprint density at radius 2 is 2.29 bits per heavy atom. The molecule has 2 aliphatic rings. The number of halogens is 1. The fraction of sp³-hybridized carbons (Fsp3) is 0.714. The number of aliphatic imine (C=N–C) groups is 1. The predicted molar refractivity (Wildman–Crippen MR) is 98.6 cm³/mol. The SMILES string of the molecule is CN=C(NCc1scnc1C)NC1CCN(C2CC2)C1.I. The van der Waals surface area contributed by atoms with E-state index in [0.29, 0.717) is 6.04 Å². The van der Waals surface area contributed by atoms with Crippen LogP contribution in [0.1, 0.15) is 29.8 Å². The number of hydrogen-bond acceptors (Lipinski definition) is 4. The first kappa shape index (κ1) is 17.0. The summed E-state index contributed by atoms with van der Waals surface area (Å²) in [5.41, 5.74) is 3.01. The molecule has 3 rings (SSSR count). The van der Waals surface area contributed by atoms with Gasteiger partial charge in [0, 0.05) is 37.1 Å². The quantitative estimate of drug-likeness (QED) is 0.444. The lowest BCUT2D eigenvalue weighted by atomic mass is 10.3. The summed E-state index contributed by atoms with van der Waals surface area (Å²) in [6.45, 7) is 5.24. The van der Waals surface area contributed by atoms with E-state index in [9.17, 15) is 0 Å². The van der Waals surface area contributed by atoms with E-state index < -0.39 is 0 Å². The first-order valence-corrected chi connectivity index (χ1v) is 8.24. The Bertz CT molecular complexity index is 485. The van der Waals surface area contributed by atoms with Crippen molar-refractivity contribution in [2.75, 3.05) is 20.1 Å². The van der Waals surface area contributed by atoms with Crippen molar-refractivity contribution in [3.05, 3.63) is 16.1 Å². The monoisotopic (exact) mass is 421 g/mol. The van der Waals surface area contributed by atoms with Gasteiger partial charge in [0.15, 0.2) is 5.96 Å². The van der Waals surface area contributed by atoms with E-state index in [1.807, 2.05) is 19.5 Å². The number of guanidine groups is 1. The van der Waals surface area contributed by atoms with E-state index in [2.05, 4.69) is 25.5 Å². The van der Waals surface area contributed by atoms with Crippen LogP contribution in [0.5, 0.6) is 0 Å². The van der Waals surface area contributed by atoms with Gasteiger partial charge in [-0.1, -0.05) is 0 Å². The third kappa shape index (κ3) is 4.53. The molecule has 1 aromatic rings. The molecule has 2 heterocycles.